The van der Waals surface area contributed by atoms with Gasteiger partial charge in [-0.25, -0.2) is 0 Å². The maximum atomic E-state index is 9.82. The summed E-state index contributed by atoms with van der Waals surface area (Å²) in [5.74, 6) is 1.25. The van der Waals surface area contributed by atoms with Crippen molar-refractivity contribution in [3.63, 3.8) is 0 Å². The second-order valence-electron chi connectivity index (χ2n) is 10.7. The fraction of sp³-hybridized carbons (Fsp3) is 0.538. The minimum absolute atomic E-state index is 0.0700. The average molecular weight is 381 g/mol. The lowest BCUT2D eigenvalue weighted by atomic mass is 9.56. The third kappa shape index (κ3) is 4.37. The standard InChI is InChI=1S/C26H36O2/c1-24(2,3)18-25(4,5)21-7-6-16-26(17-21,19-8-12-22(27)13-9-19)20-10-14-23(28)15-11-20/h8-15,21,27-28H,6-7,16-18H2,1-5H3. The van der Waals surface area contributed by atoms with Crippen molar-refractivity contribution < 1.29 is 10.2 Å². The quantitative estimate of drug-likeness (QED) is 0.597. The van der Waals surface area contributed by atoms with E-state index in [0.717, 1.165) is 12.8 Å². The summed E-state index contributed by atoms with van der Waals surface area (Å²) in [5, 5.41) is 19.6. The third-order valence-electron chi connectivity index (χ3n) is 6.68. The van der Waals surface area contributed by atoms with Crippen LogP contribution in [0.3, 0.4) is 0 Å². The number of hydrogen-bond donors (Lipinski definition) is 2. The van der Waals surface area contributed by atoms with Crippen LogP contribution in [0.2, 0.25) is 0 Å². The van der Waals surface area contributed by atoms with Crippen molar-refractivity contribution in [3.8, 4) is 11.5 Å². The topological polar surface area (TPSA) is 40.5 Å². The molecule has 2 aromatic rings. The monoisotopic (exact) mass is 380 g/mol. The summed E-state index contributed by atoms with van der Waals surface area (Å²) in [6.07, 6.45) is 5.86. The zero-order valence-electron chi connectivity index (χ0n) is 18.1. The summed E-state index contributed by atoms with van der Waals surface area (Å²) in [7, 11) is 0. The van der Waals surface area contributed by atoms with Gasteiger partial charge in [0.05, 0.1) is 0 Å². The molecule has 0 radical (unpaired) electrons. The Morgan fingerprint density at radius 2 is 1.29 bits per heavy atom. The second-order valence-corrected chi connectivity index (χ2v) is 10.7. The van der Waals surface area contributed by atoms with E-state index in [-0.39, 0.29) is 10.8 Å². The van der Waals surface area contributed by atoms with Crippen LogP contribution in [0.5, 0.6) is 11.5 Å². The van der Waals surface area contributed by atoms with Gasteiger partial charge in [-0.05, 0) is 77.8 Å². The van der Waals surface area contributed by atoms with E-state index < -0.39 is 0 Å². The molecule has 1 aliphatic rings. The SMILES string of the molecule is CC(C)(C)CC(C)(C)C1CCCC(c2ccc(O)cc2)(c2ccc(O)cc2)C1. The van der Waals surface area contributed by atoms with Crippen LogP contribution >= 0.6 is 0 Å². The molecule has 1 aliphatic carbocycles. The lowest BCUT2D eigenvalue weighted by molar-refractivity contribution is 0.0766. The predicted octanol–water partition coefficient (Wildman–Crippen LogP) is 7.04. The Morgan fingerprint density at radius 1 is 0.821 bits per heavy atom. The molecule has 3 rings (SSSR count). The second kappa shape index (κ2) is 7.46. The van der Waals surface area contributed by atoms with Crippen LogP contribution in [0.1, 0.15) is 77.8 Å². The van der Waals surface area contributed by atoms with Crippen LogP contribution in [0.25, 0.3) is 0 Å². The molecule has 0 heterocycles. The Balaban J connectivity index is 2.04. The maximum absolute atomic E-state index is 9.82. The summed E-state index contributed by atoms with van der Waals surface area (Å²) >= 11 is 0. The Hall–Kier alpha value is -1.96. The number of phenols is 2. The van der Waals surface area contributed by atoms with Crippen LogP contribution in [-0.2, 0) is 5.41 Å². The van der Waals surface area contributed by atoms with Crippen molar-refractivity contribution in [1.82, 2.24) is 0 Å². The zero-order chi connectivity index (χ0) is 20.6. The first kappa shape index (κ1) is 20.8. The molecule has 2 nitrogen and oxygen atoms in total. The fourth-order valence-electron chi connectivity index (χ4n) is 5.71. The molecule has 0 amide bonds. The average Bonchev–Trinajstić information content (AvgIpc) is 2.61. The van der Waals surface area contributed by atoms with Crippen LogP contribution in [0, 0.1) is 16.7 Å². The Kier molecular flexibility index (Phi) is 5.53. The van der Waals surface area contributed by atoms with Crippen molar-refractivity contribution in [2.45, 2.75) is 72.1 Å². The molecular weight excluding hydrogens is 344 g/mol. The molecule has 2 heteroatoms. The Morgan fingerprint density at radius 3 is 1.71 bits per heavy atom. The number of rotatable bonds is 4. The van der Waals surface area contributed by atoms with E-state index in [4.69, 9.17) is 0 Å². The van der Waals surface area contributed by atoms with Crippen molar-refractivity contribution in [2.24, 2.45) is 16.7 Å². The molecule has 28 heavy (non-hydrogen) atoms. The minimum atomic E-state index is -0.0700. The van der Waals surface area contributed by atoms with Crippen LogP contribution < -0.4 is 0 Å². The van der Waals surface area contributed by atoms with Crippen molar-refractivity contribution >= 4 is 0 Å². The molecule has 1 saturated carbocycles. The van der Waals surface area contributed by atoms with Gasteiger partial charge in [-0.3, -0.25) is 0 Å². The lowest BCUT2D eigenvalue weighted by Crippen LogP contribution is -2.40. The van der Waals surface area contributed by atoms with Gasteiger partial charge < -0.3 is 10.2 Å². The van der Waals surface area contributed by atoms with E-state index >= 15 is 0 Å². The van der Waals surface area contributed by atoms with Gasteiger partial charge in [-0.2, -0.15) is 0 Å². The van der Waals surface area contributed by atoms with Crippen molar-refractivity contribution in [1.29, 1.82) is 0 Å². The van der Waals surface area contributed by atoms with Gasteiger partial charge in [0.15, 0.2) is 0 Å². The Labute approximate surface area is 170 Å². The van der Waals surface area contributed by atoms with E-state index in [1.807, 2.05) is 0 Å². The first-order valence-electron chi connectivity index (χ1n) is 10.6. The summed E-state index contributed by atoms with van der Waals surface area (Å²) < 4.78 is 0. The van der Waals surface area contributed by atoms with Gasteiger partial charge in [0.25, 0.3) is 0 Å². The zero-order valence-corrected chi connectivity index (χ0v) is 18.1. The number of hydrogen-bond acceptors (Lipinski definition) is 2. The molecule has 0 spiro atoms. The van der Waals surface area contributed by atoms with E-state index in [1.165, 1.54) is 30.4 Å². The molecule has 0 saturated heterocycles. The molecular formula is C26H36O2. The predicted molar refractivity (Wildman–Crippen MR) is 117 cm³/mol. The van der Waals surface area contributed by atoms with Crippen molar-refractivity contribution in [2.75, 3.05) is 0 Å². The highest BCUT2D eigenvalue weighted by Gasteiger charge is 2.44. The first-order valence-corrected chi connectivity index (χ1v) is 10.6. The van der Waals surface area contributed by atoms with Gasteiger partial charge in [-0.1, -0.05) is 65.3 Å². The van der Waals surface area contributed by atoms with E-state index in [9.17, 15) is 10.2 Å². The molecule has 152 valence electrons. The van der Waals surface area contributed by atoms with Crippen LogP contribution in [0.15, 0.2) is 48.5 Å². The smallest absolute Gasteiger partial charge is 0.115 e. The fourth-order valence-corrected chi connectivity index (χ4v) is 5.71. The molecule has 2 aromatic carbocycles. The van der Waals surface area contributed by atoms with Gasteiger partial charge in [0.1, 0.15) is 11.5 Å². The normalized spacial score (nSPS) is 20.1. The number of phenolic OH excluding ortho intramolecular Hbond substituents is 2. The first-order chi connectivity index (χ1) is 13.0. The minimum Gasteiger partial charge on any atom is -0.508 e. The van der Waals surface area contributed by atoms with Crippen molar-refractivity contribution in [3.05, 3.63) is 59.7 Å². The molecule has 2 N–H and O–H groups in total. The Bertz CT molecular complexity index is 733. The summed E-state index contributed by atoms with van der Waals surface area (Å²) in [4.78, 5) is 0. The van der Waals surface area contributed by atoms with E-state index in [0.29, 0.717) is 22.8 Å². The molecule has 0 aromatic heterocycles. The van der Waals surface area contributed by atoms with E-state index in [2.05, 4.69) is 58.9 Å². The molecule has 1 fully saturated rings. The third-order valence-corrected chi connectivity index (χ3v) is 6.68. The molecule has 1 atom stereocenters. The number of benzene rings is 2. The summed E-state index contributed by atoms with van der Waals surface area (Å²) in [6, 6.07) is 15.6. The highest BCUT2D eigenvalue weighted by molar-refractivity contribution is 5.43. The highest BCUT2D eigenvalue weighted by Crippen LogP contribution is 2.53. The van der Waals surface area contributed by atoms with Crippen LogP contribution in [0.4, 0.5) is 0 Å². The van der Waals surface area contributed by atoms with Gasteiger partial charge in [-0.15, -0.1) is 0 Å². The van der Waals surface area contributed by atoms with E-state index in [1.54, 1.807) is 24.3 Å². The highest BCUT2D eigenvalue weighted by atomic mass is 16.3. The molecule has 1 unspecified atom stereocenters. The number of aromatic hydroxyl groups is 2. The van der Waals surface area contributed by atoms with Crippen LogP contribution in [-0.4, -0.2) is 10.2 Å². The van der Waals surface area contributed by atoms with Gasteiger partial charge in [0.2, 0.25) is 0 Å². The summed E-state index contributed by atoms with van der Waals surface area (Å²) in [5.41, 5.74) is 3.04. The maximum Gasteiger partial charge on any atom is 0.115 e. The molecule has 0 bridgehead atoms. The summed E-state index contributed by atoms with van der Waals surface area (Å²) in [6.45, 7) is 11.9. The van der Waals surface area contributed by atoms with Gasteiger partial charge in [0, 0.05) is 5.41 Å². The largest absolute Gasteiger partial charge is 0.508 e. The van der Waals surface area contributed by atoms with Gasteiger partial charge >= 0.3 is 0 Å². The molecule has 0 aliphatic heterocycles. The lowest BCUT2D eigenvalue weighted by Gasteiger charge is -2.49.